The summed E-state index contributed by atoms with van der Waals surface area (Å²) in [6, 6.07) is 4.33. The maximum Gasteiger partial charge on any atom is 0.317 e. The number of hydrogen-bond acceptors (Lipinski definition) is 2. The van der Waals surface area contributed by atoms with Gasteiger partial charge < -0.3 is 5.11 Å². The van der Waals surface area contributed by atoms with Gasteiger partial charge in [0, 0.05) is 13.1 Å². The molecule has 0 bridgehead atoms. The molecule has 3 nitrogen and oxygen atoms in total. The lowest BCUT2D eigenvalue weighted by Crippen LogP contribution is -2.33. The van der Waals surface area contributed by atoms with Gasteiger partial charge in [0.1, 0.15) is 0 Å². The van der Waals surface area contributed by atoms with E-state index >= 15 is 0 Å². The van der Waals surface area contributed by atoms with Crippen molar-refractivity contribution < 1.29 is 9.90 Å². The Balaban J connectivity index is 2.92. The minimum absolute atomic E-state index is 0.102. The van der Waals surface area contributed by atoms with E-state index in [9.17, 15) is 4.79 Å². The van der Waals surface area contributed by atoms with Crippen LogP contribution in [0.5, 0.6) is 0 Å². The van der Waals surface area contributed by atoms with Gasteiger partial charge in [0.15, 0.2) is 0 Å². The van der Waals surface area contributed by atoms with Gasteiger partial charge in [-0.3, -0.25) is 9.69 Å². The van der Waals surface area contributed by atoms with Crippen LogP contribution < -0.4 is 0 Å². The third-order valence-electron chi connectivity index (χ3n) is 3.20. The number of aliphatic carboxylic acids is 1. The van der Waals surface area contributed by atoms with Gasteiger partial charge in [-0.2, -0.15) is 0 Å². The van der Waals surface area contributed by atoms with E-state index in [-0.39, 0.29) is 6.54 Å². The van der Waals surface area contributed by atoms with Crippen LogP contribution in [0.15, 0.2) is 12.1 Å². The summed E-state index contributed by atoms with van der Waals surface area (Å²) >= 11 is 0. The highest BCUT2D eigenvalue weighted by molar-refractivity contribution is 5.69. The van der Waals surface area contributed by atoms with Crippen LogP contribution in [0.2, 0.25) is 0 Å². The lowest BCUT2D eigenvalue weighted by molar-refractivity contribution is -0.138. The molecule has 1 rings (SSSR count). The van der Waals surface area contributed by atoms with Crippen LogP contribution >= 0.6 is 0 Å². The lowest BCUT2D eigenvalue weighted by atomic mass is 9.99. The first kappa shape index (κ1) is 15.7. The van der Waals surface area contributed by atoms with Gasteiger partial charge in [0.2, 0.25) is 0 Å². The molecule has 0 aromatic heterocycles. The highest BCUT2D eigenvalue weighted by Gasteiger charge is 2.14. The number of carboxylic acids is 1. The Labute approximate surface area is 116 Å². The van der Waals surface area contributed by atoms with Crippen molar-refractivity contribution in [2.75, 3.05) is 13.1 Å². The molecule has 1 aromatic rings. The third kappa shape index (κ3) is 5.03. The van der Waals surface area contributed by atoms with Gasteiger partial charge in [0.05, 0.1) is 6.54 Å². The van der Waals surface area contributed by atoms with Crippen LogP contribution in [-0.2, 0) is 11.3 Å². The number of benzene rings is 1. The van der Waals surface area contributed by atoms with E-state index in [1.54, 1.807) is 0 Å². The molecule has 0 aliphatic rings. The maximum atomic E-state index is 11.0. The topological polar surface area (TPSA) is 40.5 Å². The summed E-state index contributed by atoms with van der Waals surface area (Å²) in [6.45, 7) is 12.1. The average Bonchev–Trinajstić information content (AvgIpc) is 2.21. The standard InChI is InChI=1S/C16H25NO2/c1-11(2)8-17(10-16(18)19)9-15-13(4)6-12(3)7-14(15)5/h6-7,11H,8-10H2,1-5H3,(H,18,19). The van der Waals surface area contributed by atoms with Crippen molar-refractivity contribution in [1.29, 1.82) is 0 Å². The molecule has 0 unspecified atom stereocenters. The third-order valence-corrected chi connectivity index (χ3v) is 3.20. The van der Waals surface area contributed by atoms with E-state index in [4.69, 9.17) is 5.11 Å². The largest absolute Gasteiger partial charge is 0.480 e. The summed E-state index contributed by atoms with van der Waals surface area (Å²) in [7, 11) is 0. The first-order valence-corrected chi connectivity index (χ1v) is 6.80. The molecule has 0 saturated carbocycles. The molecule has 0 heterocycles. The van der Waals surface area contributed by atoms with Crippen molar-refractivity contribution in [3.05, 3.63) is 34.4 Å². The molecule has 0 atom stereocenters. The maximum absolute atomic E-state index is 11.0. The Morgan fingerprint density at radius 2 is 1.74 bits per heavy atom. The van der Waals surface area contributed by atoms with Crippen molar-refractivity contribution in [3.8, 4) is 0 Å². The lowest BCUT2D eigenvalue weighted by Gasteiger charge is -2.24. The summed E-state index contributed by atoms with van der Waals surface area (Å²) in [5.41, 5.74) is 5.01. The average molecular weight is 263 g/mol. The molecule has 106 valence electrons. The molecule has 3 heteroatoms. The molecule has 1 N–H and O–H groups in total. The first-order valence-electron chi connectivity index (χ1n) is 6.80. The van der Waals surface area contributed by atoms with Gasteiger partial charge in [-0.15, -0.1) is 0 Å². The van der Waals surface area contributed by atoms with E-state index in [1.165, 1.54) is 22.3 Å². The van der Waals surface area contributed by atoms with Crippen molar-refractivity contribution in [2.24, 2.45) is 5.92 Å². The molecule has 0 spiro atoms. The van der Waals surface area contributed by atoms with E-state index in [0.29, 0.717) is 12.5 Å². The number of aryl methyl sites for hydroxylation is 3. The van der Waals surface area contributed by atoms with Crippen molar-refractivity contribution in [2.45, 2.75) is 41.2 Å². The van der Waals surface area contributed by atoms with Gasteiger partial charge in [-0.25, -0.2) is 0 Å². The molecule has 0 aliphatic heterocycles. The molecule has 0 amide bonds. The zero-order chi connectivity index (χ0) is 14.6. The minimum Gasteiger partial charge on any atom is -0.480 e. The Bertz CT molecular complexity index is 429. The number of carbonyl (C=O) groups is 1. The van der Waals surface area contributed by atoms with Crippen molar-refractivity contribution in [3.63, 3.8) is 0 Å². The fourth-order valence-electron chi connectivity index (χ4n) is 2.58. The Morgan fingerprint density at radius 3 is 2.16 bits per heavy atom. The van der Waals surface area contributed by atoms with Crippen LogP contribution in [0.4, 0.5) is 0 Å². The second kappa shape index (κ2) is 6.71. The highest BCUT2D eigenvalue weighted by atomic mass is 16.4. The quantitative estimate of drug-likeness (QED) is 0.857. The normalized spacial score (nSPS) is 11.3. The predicted molar refractivity (Wildman–Crippen MR) is 78.4 cm³/mol. The van der Waals surface area contributed by atoms with E-state index < -0.39 is 5.97 Å². The first-order chi connectivity index (χ1) is 8.79. The van der Waals surface area contributed by atoms with Crippen LogP contribution in [0, 0.1) is 26.7 Å². The number of hydrogen-bond donors (Lipinski definition) is 1. The fraction of sp³-hybridized carbons (Fsp3) is 0.562. The monoisotopic (exact) mass is 263 g/mol. The second-order valence-electron chi connectivity index (χ2n) is 5.83. The molecule has 0 fully saturated rings. The Hall–Kier alpha value is -1.35. The molecule has 0 aliphatic carbocycles. The summed E-state index contributed by atoms with van der Waals surface area (Å²) in [5.74, 6) is -0.298. The number of rotatable bonds is 6. The molecular weight excluding hydrogens is 238 g/mol. The number of nitrogens with zero attached hydrogens (tertiary/aromatic N) is 1. The van der Waals surface area contributed by atoms with Gasteiger partial charge in [-0.05, 0) is 43.4 Å². The predicted octanol–water partition coefficient (Wildman–Crippen LogP) is 3.15. The van der Waals surface area contributed by atoms with E-state index in [2.05, 4.69) is 46.8 Å². The smallest absolute Gasteiger partial charge is 0.317 e. The second-order valence-corrected chi connectivity index (χ2v) is 5.83. The Kier molecular flexibility index (Phi) is 5.55. The zero-order valence-corrected chi connectivity index (χ0v) is 12.7. The van der Waals surface area contributed by atoms with Crippen LogP contribution in [-0.4, -0.2) is 29.1 Å². The summed E-state index contributed by atoms with van der Waals surface area (Å²) in [6.07, 6.45) is 0. The molecule has 19 heavy (non-hydrogen) atoms. The van der Waals surface area contributed by atoms with Gasteiger partial charge in [-0.1, -0.05) is 31.5 Å². The zero-order valence-electron chi connectivity index (χ0n) is 12.7. The minimum atomic E-state index is -0.761. The van der Waals surface area contributed by atoms with Crippen molar-refractivity contribution in [1.82, 2.24) is 4.90 Å². The molecule has 1 aromatic carbocycles. The fourth-order valence-corrected chi connectivity index (χ4v) is 2.58. The van der Waals surface area contributed by atoms with Crippen molar-refractivity contribution >= 4 is 5.97 Å². The van der Waals surface area contributed by atoms with Crippen LogP contribution in [0.3, 0.4) is 0 Å². The molecular formula is C16H25NO2. The van der Waals surface area contributed by atoms with Gasteiger partial charge >= 0.3 is 5.97 Å². The Morgan fingerprint density at radius 1 is 1.21 bits per heavy atom. The molecule has 0 saturated heterocycles. The van der Waals surface area contributed by atoms with Gasteiger partial charge in [0.25, 0.3) is 0 Å². The highest BCUT2D eigenvalue weighted by Crippen LogP contribution is 2.19. The van der Waals surface area contributed by atoms with Crippen LogP contribution in [0.25, 0.3) is 0 Å². The summed E-state index contributed by atoms with van der Waals surface area (Å²) < 4.78 is 0. The van der Waals surface area contributed by atoms with Crippen LogP contribution in [0.1, 0.15) is 36.1 Å². The van der Waals surface area contributed by atoms with E-state index in [1.807, 2.05) is 4.90 Å². The molecule has 0 radical (unpaired) electrons. The number of carboxylic acid groups (broad SMARTS) is 1. The van der Waals surface area contributed by atoms with E-state index in [0.717, 1.165) is 6.54 Å². The summed E-state index contributed by atoms with van der Waals surface area (Å²) in [4.78, 5) is 13.0. The summed E-state index contributed by atoms with van der Waals surface area (Å²) in [5, 5.41) is 9.02. The SMILES string of the molecule is Cc1cc(C)c(CN(CC(=O)O)CC(C)C)c(C)c1.